The summed E-state index contributed by atoms with van der Waals surface area (Å²) in [6.07, 6.45) is 4.67. The zero-order valence-electron chi connectivity index (χ0n) is 13.3. The minimum absolute atomic E-state index is 0.278. The fourth-order valence-electron chi connectivity index (χ4n) is 2.87. The van der Waals surface area contributed by atoms with Crippen LogP contribution in [0.3, 0.4) is 0 Å². The van der Waals surface area contributed by atoms with E-state index in [0.717, 1.165) is 42.5 Å². The van der Waals surface area contributed by atoms with Gasteiger partial charge in [-0.05, 0) is 44.9 Å². The smallest absolute Gasteiger partial charge is 0.133 e. The Morgan fingerprint density at radius 2 is 1.91 bits per heavy atom. The minimum atomic E-state index is 0.278. The second-order valence-corrected chi connectivity index (χ2v) is 5.94. The van der Waals surface area contributed by atoms with Crippen molar-refractivity contribution in [2.24, 2.45) is 5.92 Å². The summed E-state index contributed by atoms with van der Waals surface area (Å²) in [5.74, 6) is 2.17. The van der Waals surface area contributed by atoms with Crippen molar-refractivity contribution in [1.29, 1.82) is 0 Å². The molecule has 0 aromatic carbocycles. The van der Waals surface area contributed by atoms with Gasteiger partial charge in [0, 0.05) is 29.6 Å². The molecule has 2 atom stereocenters. The van der Waals surface area contributed by atoms with E-state index in [0.29, 0.717) is 5.92 Å². The highest BCUT2D eigenvalue weighted by atomic mass is 16.5. The van der Waals surface area contributed by atoms with Crippen LogP contribution in [0, 0.1) is 26.7 Å². The van der Waals surface area contributed by atoms with Crippen LogP contribution in [-0.4, -0.2) is 34.2 Å². The summed E-state index contributed by atoms with van der Waals surface area (Å²) in [6.45, 7) is 7.51. The maximum atomic E-state index is 5.69. The number of aromatic nitrogens is 3. The molecule has 0 unspecified atom stereocenters. The van der Waals surface area contributed by atoms with E-state index in [9.17, 15) is 0 Å². The first kappa shape index (κ1) is 14.9. The van der Waals surface area contributed by atoms with Crippen molar-refractivity contribution in [1.82, 2.24) is 15.0 Å². The predicted molar refractivity (Wildman–Crippen MR) is 85.9 cm³/mol. The molecular weight excluding hydrogens is 276 g/mol. The molecule has 0 amide bonds. The Morgan fingerprint density at radius 3 is 2.68 bits per heavy atom. The molecule has 2 aromatic rings. The first-order chi connectivity index (χ1) is 10.6. The molecule has 3 heterocycles. The third kappa shape index (κ3) is 3.25. The highest BCUT2D eigenvalue weighted by molar-refractivity contribution is 5.46. The zero-order chi connectivity index (χ0) is 15.5. The molecule has 0 aliphatic carbocycles. The standard InChI is InChI=1S/C17H22N4O/c1-11-12(2)19-13(3)20-17(11)21-16-10-22-9-15(16)8-14-4-6-18-7-5-14/h4-7,15-16H,8-10H2,1-3H3,(H,19,20,21)/t15-,16+/m1/s1. The summed E-state index contributed by atoms with van der Waals surface area (Å²) in [5.41, 5.74) is 3.43. The van der Waals surface area contributed by atoms with E-state index in [2.05, 4.69) is 39.3 Å². The molecule has 1 N–H and O–H groups in total. The summed E-state index contributed by atoms with van der Waals surface area (Å²) >= 11 is 0. The Kier molecular flexibility index (Phi) is 4.34. The molecule has 116 valence electrons. The number of nitrogens with one attached hydrogen (secondary N) is 1. The van der Waals surface area contributed by atoms with Gasteiger partial charge < -0.3 is 10.1 Å². The lowest BCUT2D eigenvalue weighted by atomic mass is 9.95. The van der Waals surface area contributed by atoms with Crippen LogP contribution in [0.25, 0.3) is 0 Å². The van der Waals surface area contributed by atoms with Gasteiger partial charge in [-0.2, -0.15) is 0 Å². The molecule has 0 saturated carbocycles. The fourth-order valence-corrected chi connectivity index (χ4v) is 2.87. The zero-order valence-corrected chi connectivity index (χ0v) is 13.3. The molecule has 0 bridgehead atoms. The number of nitrogens with zero attached hydrogens (tertiary/aromatic N) is 3. The van der Waals surface area contributed by atoms with Gasteiger partial charge in [-0.15, -0.1) is 0 Å². The highest BCUT2D eigenvalue weighted by Crippen LogP contribution is 2.24. The van der Waals surface area contributed by atoms with Crippen molar-refractivity contribution in [2.75, 3.05) is 18.5 Å². The fraction of sp³-hybridized carbons (Fsp3) is 0.471. The Labute approximate surface area is 131 Å². The third-order valence-electron chi connectivity index (χ3n) is 4.27. The van der Waals surface area contributed by atoms with Gasteiger partial charge in [-0.1, -0.05) is 0 Å². The van der Waals surface area contributed by atoms with Gasteiger partial charge in [-0.3, -0.25) is 4.98 Å². The molecule has 1 aliphatic heterocycles. The molecule has 1 fully saturated rings. The molecule has 1 aliphatic rings. The molecule has 0 radical (unpaired) electrons. The average Bonchev–Trinajstić information content (AvgIpc) is 2.92. The summed E-state index contributed by atoms with van der Waals surface area (Å²) < 4.78 is 5.69. The van der Waals surface area contributed by atoms with Gasteiger partial charge in [-0.25, -0.2) is 9.97 Å². The molecular formula is C17H22N4O. The largest absolute Gasteiger partial charge is 0.379 e. The van der Waals surface area contributed by atoms with Gasteiger partial charge in [0.05, 0.1) is 19.3 Å². The number of hydrogen-bond donors (Lipinski definition) is 1. The Hall–Kier alpha value is -2.01. The van der Waals surface area contributed by atoms with E-state index in [1.807, 2.05) is 26.2 Å². The van der Waals surface area contributed by atoms with E-state index in [1.165, 1.54) is 5.56 Å². The Bertz CT molecular complexity index is 645. The highest BCUT2D eigenvalue weighted by Gasteiger charge is 2.29. The van der Waals surface area contributed by atoms with E-state index in [-0.39, 0.29) is 6.04 Å². The lowest BCUT2D eigenvalue weighted by Gasteiger charge is -2.21. The monoisotopic (exact) mass is 298 g/mol. The molecule has 2 aromatic heterocycles. The molecule has 1 saturated heterocycles. The summed E-state index contributed by atoms with van der Waals surface area (Å²) in [6, 6.07) is 4.42. The quantitative estimate of drug-likeness (QED) is 0.939. The lowest BCUT2D eigenvalue weighted by Crippen LogP contribution is -2.30. The van der Waals surface area contributed by atoms with Crippen molar-refractivity contribution in [3.8, 4) is 0 Å². The predicted octanol–water partition coefficient (Wildman–Crippen LogP) is 2.47. The maximum absolute atomic E-state index is 5.69. The minimum Gasteiger partial charge on any atom is -0.379 e. The van der Waals surface area contributed by atoms with Crippen LogP contribution in [0.15, 0.2) is 24.5 Å². The van der Waals surface area contributed by atoms with Crippen LogP contribution in [0.1, 0.15) is 22.6 Å². The molecule has 0 spiro atoms. The topological polar surface area (TPSA) is 59.9 Å². The first-order valence-corrected chi connectivity index (χ1v) is 7.68. The Morgan fingerprint density at radius 1 is 1.14 bits per heavy atom. The number of ether oxygens (including phenoxy) is 1. The van der Waals surface area contributed by atoms with Gasteiger partial charge in [0.15, 0.2) is 0 Å². The van der Waals surface area contributed by atoms with Crippen molar-refractivity contribution >= 4 is 5.82 Å². The molecule has 5 heteroatoms. The van der Waals surface area contributed by atoms with Crippen LogP contribution >= 0.6 is 0 Å². The van der Waals surface area contributed by atoms with E-state index < -0.39 is 0 Å². The Balaban J connectivity index is 1.74. The molecule has 3 rings (SSSR count). The maximum Gasteiger partial charge on any atom is 0.133 e. The van der Waals surface area contributed by atoms with Gasteiger partial charge in [0.1, 0.15) is 11.6 Å². The molecule has 5 nitrogen and oxygen atoms in total. The van der Waals surface area contributed by atoms with Gasteiger partial charge in [0.25, 0.3) is 0 Å². The summed E-state index contributed by atoms with van der Waals surface area (Å²) in [4.78, 5) is 13.0. The number of aryl methyl sites for hydroxylation is 2. The van der Waals surface area contributed by atoms with Crippen LogP contribution in [0.2, 0.25) is 0 Å². The normalized spacial score (nSPS) is 21.0. The van der Waals surface area contributed by atoms with Crippen LogP contribution in [0.4, 0.5) is 5.82 Å². The second kappa shape index (κ2) is 6.40. The summed E-state index contributed by atoms with van der Waals surface area (Å²) in [5, 5.41) is 3.57. The van der Waals surface area contributed by atoms with Crippen LogP contribution in [0.5, 0.6) is 0 Å². The van der Waals surface area contributed by atoms with Crippen molar-refractivity contribution < 1.29 is 4.74 Å². The number of hydrogen-bond acceptors (Lipinski definition) is 5. The van der Waals surface area contributed by atoms with Crippen LogP contribution < -0.4 is 5.32 Å². The van der Waals surface area contributed by atoms with E-state index in [4.69, 9.17) is 4.74 Å². The van der Waals surface area contributed by atoms with Gasteiger partial charge >= 0.3 is 0 Å². The number of rotatable bonds is 4. The first-order valence-electron chi connectivity index (χ1n) is 7.68. The number of anilines is 1. The lowest BCUT2D eigenvalue weighted by molar-refractivity contribution is 0.185. The van der Waals surface area contributed by atoms with Crippen molar-refractivity contribution in [3.05, 3.63) is 47.2 Å². The van der Waals surface area contributed by atoms with Gasteiger partial charge in [0.2, 0.25) is 0 Å². The SMILES string of the molecule is Cc1nc(C)c(C)c(N[C@H]2COC[C@H]2Cc2ccncc2)n1. The summed E-state index contributed by atoms with van der Waals surface area (Å²) in [7, 11) is 0. The third-order valence-corrected chi connectivity index (χ3v) is 4.27. The van der Waals surface area contributed by atoms with E-state index in [1.54, 1.807) is 0 Å². The number of pyridine rings is 1. The van der Waals surface area contributed by atoms with Crippen molar-refractivity contribution in [3.63, 3.8) is 0 Å². The van der Waals surface area contributed by atoms with E-state index >= 15 is 0 Å². The van der Waals surface area contributed by atoms with Crippen LogP contribution in [-0.2, 0) is 11.2 Å². The van der Waals surface area contributed by atoms with Crippen molar-refractivity contribution in [2.45, 2.75) is 33.2 Å². The average molecular weight is 298 g/mol. The second-order valence-electron chi connectivity index (χ2n) is 5.94. The molecule has 22 heavy (non-hydrogen) atoms.